The molecular weight excluding hydrogens is 475 g/mol. The SMILES string of the molecule is Cc1cc(N2C(=O)C3(CCC3)N(c3ccc(C(=O)NC4NC=CS4)c(F)c3)C2=S)cnc1C#N. The highest BCUT2D eigenvalue weighted by molar-refractivity contribution is 8.02. The number of aryl methyl sites for hydroxylation is 1. The lowest BCUT2D eigenvalue weighted by atomic mass is 9.75. The molecule has 2 fully saturated rings. The van der Waals surface area contributed by atoms with E-state index in [-0.39, 0.29) is 27.8 Å². The van der Waals surface area contributed by atoms with E-state index in [4.69, 9.17) is 17.5 Å². The molecule has 1 aromatic heterocycles. The number of thiocarbonyl (C=S) groups is 1. The number of nitrogens with zero attached hydrogens (tertiary/aromatic N) is 4. The number of benzene rings is 1. The normalized spacial score (nSPS) is 20.3. The maximum atomic E-state index is 15.1. The van der Waals surface area contributed by atoms with E-state index < -0.39 is 17.3 Å². The van der Waals surface area contributed by atoms with Gasteiger partial charge in [-0.2, -0.15) is 5.26 Å². The smallest absolute Gasteiger partial charge is 0.259 e. The molecule has 0 bridgehead atoms. The number of thioether (sulfide) groups is 1. The first-order chi connectivity index (χ1) is 16.4. The second-order valence-electron chi connectivity index (χ2n) is 8.24. The summed E-state index contributed by atoms with van der Waals surface area (Å²) < 4.78 is 15.1. The van der Waals surface area contributed by atoms with Crippen LogP contribution in [-0.4, -0.2) is 32.9 Å². The van der Waals surface area contributed by atoms with Gasteiger partial charge in [-0.1, -0.05) is 11.8 Å². The van der Waals surface area contributed by atoms with Crippen LogP contribution in [0.25, 0.3) is 0 Å². The van der Waals surface area contributed by atoms with Gasteiger partial charge in [0.05, 0.1) is 17.4 Å². The lowest BCUT2D eigenvalue weighted by Crippen LogP contribution is -2.55. The summed E-state index contributed by atoms with van der Waals surface area (Å²) in [5, 5.41) is 16.8. The van der Waals surface area contributed by atoms with Gasteiger partial charge in [-0.05, 0) is 73.6 Å². The number of hydrogen-bond acceptors (Lipinski definition) is 7. The Bertz CT molecular complexity index is 1290. The van der Waals surface area contributed by atoms with Gasteiger partial charge in [-0.3, -0.25) is 14.5 Å². The summed E-state index contributed by atoms with van der Waals surface area (Å²) in [5.41, 5.74) is 0.422. The van der Waals surface area contributed by atoms with E-state index in [9.17, 15) is 9.59 Å². The van der Waals surface area contributed by atoms with Gasteiger partial charge in [0.1, 0.15) is 23.1 Å². The molecule has 1 aliphatic carbocycles. The Kier molecular flexibility index (Phi) is 5.50. The molecule has 1 unspecified atom stereocenters. The molecule has 172 valence electrons. The van der Waals surface area contributed by atoms with Crippen molar-refractivity contribution in [2.45, 2.75) is 37.2 Å². The number of amides is 2. The fraction of sp³-hybridized carbons (Fsp3) is 0.261. The number of hydrogen-bond donors (Lipinski definition) is 2. The van der Waals surface area contributed by atoms with Crippen LogP contribution in [0.3, 0.4) is 0 Å². The van der Waals surface area contributed by atoms with Gasteiger partial charge in [0.25, 0.3) is 11.8 Å². The van der Waals surface area contributed by atoms with E-state index in [1.165, 1.54) is 35.0 Å². The molecule has 2 aliphatic heterocycles. The highest BCUT2D eigenvalue weighted by atomic mass is 32.2. The third-order valence-corrected chi connectivity index (χ3v) is 7.45. The first-order valence-electron chi connectivity index (χ1n) is 10.6. The zero-order valence-electron chi connectivity index (χ0n) is 18.0. The van der Waals surface area contributed by atoms with E-state index in [1.54, 1.807) is 35.6 Å². The van der Waals surface area contributed by atoms with Crippen molar-refractivity contribution >= 4 is 52.3 Å². The molecule has 8 nitrogen and oxygen atoms in total. The summed E-state index contributed by atoms with van der Waals surface area (Å²) in [4.78, 5) is 33.3. The minimum absolute atomic E-state index is 0.0964. The lowest BCUT2D eigenvalue weighted by molar-refractivity contribution is -0.123. The predicted molar refractivity (Wildman–Crippen MR) is 130 cm³/mol. The third-order valence-electron chi connectivity index (χ3n) is 6.27. The first kappa shape index (κ1) is 22.3. The van der Waals surface area contributed by atoms with Crippen molar-refractivity contribution in [3.05, 3.63) is 64.7 Å². The molecule has 3 aliphatic rings. The molecule has 1 saturated carbocycles. The number of anilines is 2. The Labute approximate surface area is 204 Å². The number of nitrogens with one attached hydrogen (secondary N) is 2. The second-order valence-corrected chi connectivity index (χ2v) is 9.62. The van der Waals surface area contributed by atoms with Gasteiger partial charge >= 0.3 is 0 Å². The van der Waals surface area contributed by atoms with E-state index >= 15 is 4.39 Å². The highest BCUT2D eigenvalue weighted by Gasteiger charge is 2.59. The highest BCUT2D eigenvalue weighted by Crippen LogP contribution is 2.48. The van der Waals surface area contributed by atoms with E-state index in [0.29, 0.717) is 29.8 Å². The summed E-state index contributed by atoms with van der Waals surface area (Å²) in [6.07, 6.45) is 5.14. The quantitative estimate of drug-likeness (QED) is 0.625. The van der Waals surface area contributed by atoms with Crippen molar-refractivity contribution in [3.8, 4) is 6.07 Å². The fourth-order valence-electron chi connectivity index (χ4n) is 4.39. The average molecular weight is 495 g/mol. The van der Waals surface area contributed by atoms with Crippen LogP contribution in [0, 0.1) is 24.1 Å². The summed E-state index contributed by atoms with van der Waals surface area (Å²) in [6.45, 7) is 1.74. The monoisotopic (exact) mass is 494 g/mol. The van der Waals surface area contributed by atoms with Gasteiger partial charge < -0.3 is 15.5 Å². The molecule has 1 spiro atoms. The Morgan fingerprint density at radius 2 is 2.18 bits per heavy atom. The Morgan fingerprint density at radius 3 is 2.76 bits per heavy atom. The number of aromatic nitrogens is 1. The summed E-state index contributed by atoms with van der Waals surface area (Å²) >= 11 is 7.07. The minimum Gasteiger partial charge on any atom is -0.362 e. The molecule has 5 rings (SSSR count). The zero-order chi connectivity index (χ0) is 24.0. The van der Waals surface area contributed by atoms with E-state index in [0.717, 1.165) is 6.42 Å². The van der Waals surface area contributed by atoms with Crippen molar-refractivity contribution in [2.75, 3.05) is 9.80 Å². The predicted octanol–water partition coefficient (Wildman–Crippen LogP) is 3.28. The Morgan fingerprint density at radius 1 is 1.38 bits per heavy atom. The molecule has 2 amide bonds. The summed E-state index contributed by atoms with van der Waals surface area (Å²) in [6, 6.07) is 7.97. The van der Waals surface area contributed by atoms with E-state index in [2.05, 4.69) is 15.6 Å². The van der Waals surface area contributed by atoms with Crippen LogP contribution in [0.4, 0.5) is 15.8 Å². The Balaban J connectivity index is 1.47. The van der Waals surface area contributed by atoms with Crippen LogP contribution >= 0.6 is 24.0 Å². The number of nitriles is 1. The topological polar surface area (TPSA) is 101 Å². The van der Waals surface area contributed by atoms with Gasteiger partial charge in [0.15, 0.2) is 10.6 Å². The lowest BCUT2D eigenvalue weighted by Gasteiger charge is -2.43. The third kappa shape index (κ3) is 3.41. The Hall–Kier alpha value is -3.49. The fourth-order valence-corrected chi connectivity index (χ4v) is 5.51. The molecule has 34 heavy (non-hydrogen) atoms. The second kappa shape index (κ2) is 8.38. The van der Waals surface area contributed by atoms with Crippen LogP contribution in [0.5, 0.6) is 0 Å². The van der Waals surface area contributed by atoms with Crippen LogP contribution in [0.2, 0.25) is 0 Å². The van der Waals surface area contributed by atoms with Crippen molar-refractivity contribution in [2.24, 2.45) is 0 Å². The van der Waals surface area contributed by atoms with E-state index in [1.807, 2.05) is 6.07 Å². The van der Waals surface area contributed by atoms with Crippen molar-refractivity contribution in [1.29, 1.82) is 5.26 Å². The molecule has 2 N–H and O–H groups in total. The molecule has 3 heterocycles. The number of carbonyl (C=O) groups excluding carboxylic acids is 2. The standard InChI is InChI=1S/C23H19FN6O2S2/c1-13-9-15(12-27-18(13)11-25)29-20(32)23(5-2-6-23)30(22(29)33)14-3-4-16(17(24)10-14)19(31)28-21-26-7-8-34-21/h3-4,7-10,12,21,26H,2,5-6H2,1H3,(H,28,31). The summed E-state index contributed by atoms with van der Waals surface area (Å²) in [7, 11) is 0. The maximum absolute atomic E-state index is 15.1. The number of rotatable bonds is 4. The number of pyridine rings is 1. The minimum atomic E-state index is -0.898. The van der Waals surface area contributed by atoms with Gasteiger partial charge in [-0.25, -0.2) is 9.37 Å². The zero-order valence-corrected chi connectivity index (χ0v) is 19.7. The molecule has 2 aromatic rings. The largest absolute Gasteiger partial charge is 0.362 e. The number of halogens is 1. The average Bonchev–Trinajstić information content (AvgIpc) is 3.36. The molecule has 1 atom stereocenters. The molecule has 0 radical (unpaired) electrons. The first-order valence-corrected chi connectivity index (χ1v) is 11.9. The van der Waals surface area contributed by atoms with Crippen molar-refractivity contribution < 1.29 is 14.0 Å². The van der Waals surface area contributed by atoms with Gasteiger partial charge in [0, 0.05) is 11.9 Å². The summed E-state index contributed by atoms with van der Waals surface area (Å²) in [5.74, 6) is -1.45. The van der Waals surface area contributed by atoms with Crippen LogP contribution in [-0.2, 0) is 4.79 Å². The molecular formula is C23H19FN6O2S2. The van der Waals surface area contributed by atoms with Crippen molar-refractivity contribution in [3.63, 3.8) is 0 Å². The molecule has 1 saturated heterocycles. The van der Waals surface area contributed by atoms with Gasteiger partial charge in [0.2, 0.25) is 0 Å². The maximum Gasteiger partial charge on any atom is 0.259 e. The van der Waals surface area contributed by atoms with Gasteiger partial charge in [-0.15, -0.1) is 0 Å². The van der Waals surface area contributed by atoms with Crippen LogP contribution < -0.4 is 20.4 Å². The number of carbonyl (C=O) groups is 2. The van der Waals surface area contributed by atoms with Crippen molar-refractivity contribution in [1.82, 2.24) is 15.6 Å². The molecule has 1 aromatic carbocycles. The molecule has 11 heteroatoms. The van der Waals surface area contributed by atoms with Crippen LogP contribution in [0.1, 0.15) is 40.9 Å². The van der Waals surface area contributed by atoms with Crippen LogP contribution in [0.15, 0.2) is 42.1 Å².